The van der Waals surface area contributed by atoms with Gasteiger partial charge in [-0.3, -0.25) is 9.10 Å². The first-order valence-electron chi connectivity index (χ1n) is 12.1. The lowest BCUT2D eigenvalue weighted by atomic mass is 10.0. The van der Waals surface area contributed by atoms with Crippen LogP contribution >= 0.6 is 12.1 Å². The summed E-state index contributed by atoms with van der Waals surface area (Å²) < 4.78 is 38.1. The van der Waals surface area contributed by atoms with Crippen molar-refractivity contribution in [1.29, 1.82) is 0 Å². The van der Waals surface area contributed by atoms with Crippen molar-refractivity contribution >= 4 is 18.0 Å². The molecule has 2 unspecified atom stereocenters. The Balaban J connectivity index is 1.37. The van der Waals surface area contributed by atoms with Crippen molar-refractivity contribution in [2.45, 2.75) is 38.5 Å². The van der Waals surface area contributed by atoms with Crippen molar-refractivity contribution in [2.75, 3.05) is 13.2 Å². The van der Waals surface area contributed by atoms with E-state index in [1.807, 2.05) is 22.6 Å². The Hall–Kier alpha value is -3.34. The molecule has 0 radical (unpaired) electrons. The number of aliphatic hydroxyl groups is 1. The van der Waals surface area contributed by atoms with Crippen molar-refractivity contribution < 1.29 is 23.4 Å². The van der Waals surface area contributed by atoms with Gasteiger partial charge in [0.15, 0.2) is 6.61 Å². The molecule has 10 heteroatoms. The minimum Gasteiger partial charge on any atom is -0.481 e. The van der Waals surface area contributed by atoms with Crippen LogP contribution in [-0.4, -0.2) is 40.6 Å². The normalized spacial score (nSPS) is 15.8. The number of hydrogen-bond acceptors (Lipinski definition) is 7. The zero-order valence-electron chi connectivity index (χ0n) is 20.4. The lowest BCUT2D eigenvalue weighted by Gasteiger charge is -2.25. The first-order valence-corrected chi connectivity index (χ1v) is 12.8. The van der Waals surface area contributed by atoms with Gasteiger partial charge in [-0.15, -0.1) is 0 Å². The molecule has 1 amide bonds. The van der Waals surface area contributed by atoms with Crippen molar-refractivity contribution in [3.8, 4) is 0 Å². The number of aliphatic hydroxyl groups excluding tert-OH is 1. The summed E-state index contributed by atoms with van der Waals surface area (Å²) >= 11 is 1.37. The number of benzene rings is 2. The topological polar surface area (TPSA) is 85.9 Å². The first kappa shape index (κ1) is 26.7. The standard InChI is InChI=1S/C27H30F2N4O3S/c1-2-18-5-3-6-19(9-18)14-30-16-25(34)23(12-20-10-21(28)13-22(29)11-20)32-27(35)17-36-26-7-4-8-33-24(26)15-31-37-33/h3-11,13,15,23,25,30-31,34H,2,12,14,16-17H2,1H3,(H,32,35). The molecule has 0 saturated heterocycles. The largest absolute Gasteiger partial charge is 0.481 e. The number of hydrogen-bond donors (Lipinski definition) is 4. The van der Waals surface area contributed by atoms with Crippen molar-refractivity contribution in [3.63, 3.8) is 0 Å². The molecule has 0 aromatic heterocycles. The molecule has 196 valence electrons. The fourth-order valence-electron chi connectivity index (χ4n) is 4.08. The van der Waals surface area contributed by atoms with E-state index in [4.69, 9.17) is 4.74 Å². The molecule has 2 aliphatic heterocycles. The van der Waals surface area contributed by atoms with Gasteiger partial charge < -0.3 is 25.2 Å². The van der Waals surface area contributed by atoms with E-state index in [0.29, 0.717) is 17.9 Å². The number of allylic oxidation sites excluding steroid dienone is 2. The molecule has 0 spiro atoms. The summed E-state index contributed by atoms with van der Waals surface area (Å²) in [5, 5.41) is 16.9. The number of carbonyl (C=O) groups excluding carboxylic acids is 1. The Labute approximate surface area is 219 Å². The highest BCUT2D eigenvalue weighted by molar-refractivity contribution is 7.95. The van der Waals surface area contributed by atoms with Crippen molar-refractivity contribution in [3.05, 3.63) is 107 Å². The Morgan fingerprint density at radius 1 is 1.16 bits per heavy atom. The fraction of sp³-hybridized carbons (Fsp3) is 0.296. The van der Waals surface area contributed by atoms with E-state index in [-0.39, 0.29) is 19.6 Å². The molecule has 2 aromatic rings. The van der Waals surface area contributed by atoms with Gasteiger partial charge in [0.2, 0.25) is 0 Å². The fourth-order valence-corrected chi connectivity index (χ4v) is 4.73. The van der Waals surface area contributed by atoms with Crippen molar-refractivity contribution in [2.24, 2.45) is 0 Å². The van der Waals surface area contributed by atoms with Crippen LogP contribution in [-0.2, 0) is 28.9 Å². The molecule has 2 aliphatic rings. The molecule has 0 aliphatic carbocycles. The van der Waals surface area contributed by atoms with Gasteiger partial charge in [-0.25, -0.2) is 8.78 Å². The third-order valence-electron chi connectivity index (χ3n) is 5.94. The summed E-state index contributed by atoms with van der Waals surface area (Å²) in [4.78, 5) is 12.8. The average Bonchev–Trinajstić information content (AvgIpc) is 3.36. The Morgan fingerprint density at radius 3 is 2.73 bits per heavy atom. The quantitative estimate of drug-likeness (QED) is 0.314. The Morgan fingerprint density at radius 2 is 1.95 bits per heavy atom. The minimum absolute atomic E-state index is 0.0412. The SMILES string of the molecule is CCc1cccc(CNCC(O)C(Cc2cc(F)cc(F)c2)NC(=O)COC2=CC=CN3SNC=C23)c1. The van der Waals surface area contributed by atoms with E-state index < -0.39 is 29.7 Å². The van der Waals surface area contributed by atoms with E-state index in [0.717, 1.165) is 23.7 Å². The Kier molecular flexibility index (Phi) is 9.21. The van der Waals surface area contributed by atoms with Crippen LogP contribution in [0.3, 0.4) is 0 Å². The lowest BCUT2D eigenvalue weighted by molar-refractivity contribution is -0.126. The van der Waals surface area contributed by atoms with Crippen LogP contribution in [0.1, 0.15) is 23.6 Å². The molecule has 2 atom stereocenters. The average molecular weight is 529 g/mol. The van der Waals surface area contributed by atoms with Gasteiger partial charge in [-0.2, -0.15) is 0 Å². The summed E-state index contributed by atoms with van der Waals surface area (Å²) in [5.41, 5.74) is 3.40. The maximum absolute atomic E-state index is 13.8. The molecule has 4 N–H and O–H groups in total. The monoisotopic (exact) mass is 528 g/mol. The Bertz CT molecular complexity index is 1180. The van der Waals surface area contributed by atoms with Crippen LogP contribution in [0.2, 0.25) is 0 Å². The van der Waals surface area contributed by atoms with Gasteiger partial charge in [-0.1, -0.05) is 31.2 Å². The number of rotatable bonds is 12. The third kappa shape index (κ3) is 7.58. The predicted octanol–water partition coefficient (Wildman–Crippen LogP) is 3.44. The zero-order valence-corrected chi connectivity index (χ0v) is 21.2. The summed E-state index contributed by atoms with van der Waals surface area (Å²) in [6, 6.07) is 10.5. The highest BCUT2D eigenvalue weighted by atomic mass is 32.2. The summed E-state index contributed by atoms with van der Waals surface area (Å²) in [5.74, 6) is -1.37. The lowest BCUT2D eigenvalue weighted by Crippen LogP contribution is -2.49. The molecule has 7 nitrogen and oxygen atoms in total. The van der Waals surface area contributed by atoms with Crippen LogP contribution < -0.4 is 15.4 Å². The molecule has 0 saturated carbocycles. The minimum atomic E-state index is -1.02. The van der Waals surface area contributed by atoms with E-state index in [9.17, 15) is 18.7 Å². The van der Waals surface area contributed by atoms with E-state index in [1.165, 1.54) is 29.8 Å². The number of aryl methyl sites for hydroxylation is 1. The van der Waals surface area contributed by atoms with Crippen LogP contribution in [0.4, 0.5) is 8.78 Å². The summed E-state index contributed by atoms with van der Waals surface area (Å²) in [6.07, 6.45) is 7.13. The smallest absolute Gasteiger partial charge is 0.258 e. The van der Waals surface area contributed by atoms with Gasteiger partial charge in [-0.05, 0) is 53.8 Å². The van der Waals surface area contributed by atoms with Crippen molar-refractivity contribution in [1.82, 2.24) is 19.7 Å². The molecule has 4 rings (SSSR count). The first-order chi connectivity index (χ1) is 17.9. The number of carbonyl (C=O) groups is 1. The van der Waals surface area contributed by atoms with Gasteiger partial charge in [0, 0.05) is 31.6 Å². The van der Waals surface area contributed by atoms with E-state index in [1.54, 1.807) is 18.4 Å². The zero-order chi connectivity index (χ0) is 26.2. The molecule has 0 bridgehead atoms. The second-order valence-electron chi connectivity index (χ2n) is 8.75. The maximum Gasteiger partial charge on any atom is 0.258 e. The summed E-state index contributed by atoms with van der Waals surface area (Å²) in [7, 11) is 0. The number of halogens is 2. The molecular formula is C27H30F2N4O3S. The second kappa shape index (κ2) is 12.8. The number of fused-ring (bicyclic) bond motifs is 1. The van der Waals surface area contributed by atoms with Gasteiger partial charge in [0.1, 0.15) is 23.1 Å². The molecule has 2 aromatic carbocycles. The number of ether oxygens (including phenoxy) is 1. The number of nitrogens with one attached hydrogen (secondary N) is 3. The van der Waals surface area contributed by atoms with Gasteiger partial charge in [0.05, 0.1) is 24.3 Å². The van der Waals surface area contributed by atoms with Gasteiger partial charge in [0.25, 0.3) is 5.91 Å². The number of amides is 1. The summed E-state index contributed by atoms with van der Waals surface area (Å²) in [6.45, 7) is 2.50. The van der Waals surface area contributed by atoms with Crippen LogP contribution in [0.25, 0.3) is 0 Å². The maximum atomic E-state index is 13.8. The second-order valence-corrected chi connectivity index (χ2v) is 9.56. The highest BCUT2D eigenvalue weighted by Gasteiger charge is 2.25. The third-order valence-corrected chi connectivity index (χ3v) is 6.67. The molecule has 2 heterocycles. The number of nitrogens with zero attached hydrogens (tertiary/aromatic N) is 1. The molecular weight excluding hydrogens is 498 g/mol. The van der Waals surface area contributed by atoms with Crippen LogP contribution in [0.15, 0.2) is 78.5 Å². The molecule has 37 heavy (non-hydrogen) atoms. The van der Waals surface area contributed by atoms with E-state index >= 15 is 0 Å². The van der Waals surface area contributed by atoms with Gasteiger partial charge >= 0.3 is 0 Å². The van der Waals surface area contributed by atoms with Crippen LogP contribution in [0, 0.1) is 11.6 Å². The van der Waals surface area contributed by atoms with Crippen LogP contribution in [0.5, 0.6) is 0 Å². The molecule has 0 fully saturated rings. The predicted molar refractivity (Wildman–Crippen MR) is 139 cm³/mol. The van der Waals surface area contributed by atoms with E-state index in [2.05, 4.69) is 34.4 Å². The highest BCUT2D eigenvalue weighted by Crippen LogP contribution is 2.30.